The summed E-state index contributed by atoms with van der Waals surface area (Å²) in [6, 6.07) is 9.83. The molecule has 0 atom stereocenters. The second-order valence-corrected chi connectivity index (χ2v) is 9.91. The molecule has 4 aliphatic heterocycles. The Labute approximate surface area is 228 Å². The zero-order valence-corrected chi connectivity index (χ0v) is 22.5. The molecule has 0 radical (unpaired) electrons. The van der Waals surface area contributed by atoms with Crippen molar-refractivity contribution in [1.82, 2.24) is 4.90 Å². The van der Waals surface area contributed by atoms with Crippen LogP contribution in [-0.4, -0.2) is 55.4 Å². The fourth-order valence-corrected chi connectivity index (χ4v) is 6.10. The lowest BCUT2D eigenvalue weighted by atomic mass is 10.00. The second-order valence-electron chi connectivity index (χ2n) is 8.63. The van der Waals surface area contributed by atoms with Crippen LogP contribution < -0.4 is 9.64 Å². The molecule has 0 aliphatic carbocycles. The maximum absolute atomic E-state index is 13.5. The smallest absolute Gasteiger partial charge is 0.265 e. The molecule has 36 heavy (non-hydrogen) atoms. The van der Waals surface area contributed by atoms with Gasteiger partial charge in [0.1, 0.15) is 5.82 Å². The largest absolute Gasteiger partial charge is 0.481 e. The highest BCUT2D eigenvalue weighted by Crippen LogP contribution is 2.46. The van der Waals surface area contributed by atoms with Gasteiger partial charge in [0.05, 0.1) is 31.1 Å². The first-order valence-electron chi connectivity index (χ1n) is 11.5. The summed E-state index contributed by atoms with van der Waals surface area (Å²) in [6.07, 6.45) is 1.12. The van der Waals surface area contributed by atoms with Crippen molar-refractivity contribution in [3.63, 3.8) is 0 Å². The summed E-state index contributed by atoms with van der Waals surface area (Å²) in [7, 11) is 0. The molecule has 0 N–H and O–H groups in total. The van der Waals surface area contributed by atoms with E-state index >= 15 is 0 Å². The van der Waals surface area contributed by atoms with Gasteiger partial charge in [0.15, 0.2) is 23.3 Å². The predicted molar refractivity (Wildman–Crippen MR) is 143 cm³/mol. The van der Waals surface area contributed by atoms with Crippen molar-refractivity contribution >= 4 is 62.8 Å². The van der Waals surface area contributed by atoms with Crippen LogP contribution in [0.4, 0.5) is 10.1 Å². The molecule has 7 nitrogen and oxygen atoms in total. The lowest BCUT2D eigenvalue weighted by Crippen LogP contribution is -2.40. The number of hydrogen-bond acceptors (Lipinski definition) is 7. The first-order valence-corrected chi connectivity index (χ1v) is 12.8. The molecule has 190 valence electrons. The summed E-state index contributed by atoms with van der Waals surface area (Å²) < 4.78 is 31.4. The van der Waals surface area contributed by atoms with E-state index in [0.717, 1.165) is 35.1 Å². The number of nitrogens with zero attached hydrogens (tertiary/aromatic N) is 3. The van der Waals surface area contributed by atoms with Crippen molar-refractivity contribution in [1.29, 1.82) is 0 Å². The van der Waals surface area contributed by atoms with E-state index in [-0.39, 0.29) is 35.3 Å². The quantitative estimate of drug-likeness (QED) is 0.458. The van der Waals surface area contributed by atoms with Gasteiger partial charge in [-0.3, -0.25) is 9.79 Å². The van der Waals surface area contributed by atoms with Gasteiger partial charge in [0, 0.05) is 41.1 Å². The van der Waals surface area contributed by atoms with E-state index < -0.39 is 5.79 Å². The van der Waals surface area contributed by atoms with Gasteiger partial charge >= 0.3 is 0 Å². The van der Waals surface area contributed by atoms with Gasteiger partial charge in [-0.05, 0) is 30.7 Å². The van der Waals surface area contributed by atoms with Gasteiger partial charge in [0.25, 0.3) is 5.91 Å². The molecule has 2 aromatic carbocycles. The Hall–Kier alpha value is -2.11. The molecule has 0 saturated carbocycles. The van der Waals surface area contributed by atoms with E-state index in [2.05, 4.69) is 15.3 Å². The molecule has 1 saturated heterocycles. The van der Waals surface area contributed by atoms with E-state index in [0.29, 0.717) is 49.1 Å². The van der Waals surface area contributed by atoms with Crippen molar-refractivity contribution in [3.05, 3.63) is 63.8 Å². The standard InChI is InChI=1S/C25H23ClFN3O4S.BrH/c26-17-12-19(21-15-35-24-28-7-9-30(21)24)23-20(13-17)29(22(31)14-32-23)8-1-6-25(33-10-11-34-25)16-2-4-18(27)5-3-16;/h2-5,12-13,15H,1,6-11,14H2;1H. The number of benzene rings is 2. The Bertz CT molecular complexity index is 1240. The highest BCUT2D eigenvalue weighted by Gasteiger charge is 2.39. The van der Waals surface area contributed by atoms with Crippen molar-refractivity contribution < 1.29 is 23.4 Å². The lowest BCUT2D eigenvalue weighted by Gasteiger charge is -2.33. The monoisotopic (exact) mass is 595 g/mol. The number of amidine groups is 1. The Kier molecular flexibility index (Phi) is 7.33. The Morgan fingerprint density at radius 1 is 1.17 bits per heavy atom. The van der Waals surface area contributed by atoms with Crippen LogP contribution in [0.2, 0.25) is 5.02 Å². The number of carbonyl (C=O) groups is 1. The van der Waals surface area contributed by atoms with E-state index in [1.807, 2.05) is 6.07 Å². The van der Waals surface area contributed by atoms with Crippen LogP contribution in [0.5, 0.6) is 5.75 Å². The fraction of sp³-hybridized carbons (Fsp3) is 0.360. The maximum atomic E-state index is 13.5. The third-order valence-corrected chi connectivity index (χ3v) is 7.66. The van der Waals surface area contributed by atoms with E-state index in [9.17, 15) is 9.18 Å². The van der Waals surface area contributed by atoms with Crippen molar-refractivity contribution in [2.75, 3.05) is 44.4 Å². The average Bonchev–Trinajstić information content (AvgIpc) is 3.59. The van der Waals surface area contributed by atoms with Gasteiger partial charge in [-0.15, -0.1) is 17.0 Å². The van der Waals surface area contributed by atoms with Crippen molar-refractivity contribution in [3.8, 4) is 5.75 Å². The van der Waals surface area contributed by atoms with Crippen LogP contribution in [-0.2, 0) is 20.1 Å². The summed E-state index contributed by atoms with van der Waals surface area (Å²) in [5, 5.41) is 3.55. The normalized spacial score (nSPS) is 19.9. The minimum atomic E-state index is -0.942. The Balaban J connectivity index is 0.00000267. The molecule has 0 bridgehead atoms. The molecule has 0 aromatic heterocycles. The summed E-state index contributed by atoms with van der Waals surface area (Å²) >= 11 is 8.11. The Morgan fingerprint density at radius 3 is 2.72 bits per heavy atom. The fourth-order valence-electron chi connectivity index (χ4n) is 4.93. The van der Waals surface area contributed by atoms with E-state index in [1.54, 1.807) is 34.9 Å². The van der Waals surface area contributed by atoms with E-state index in [4.69, 9.17) is 25.8 Å². The number of ether oxygens (including phenoxy) is 3. The van der Waals surface area contributed by atoms with Crippen molar-refractivity contribution in [2.24, 2.45) is 4.99 Å². The molecule has 0 unspecified atom stereocenters. The third kappa shape index (κ3) is 4.54. The Morgan fingerprint density at radius 2 is 1.94 bits per heavy atom. The van der Waals surface area contributed by atoms with Gasteiger partial charge in [-0.25, -0.2) is 4.39 Å². The average molecular weight is 597 g/mol. The number of aliphatic imine (C=N–C) groups is 1. The van der Waals surface area contributed by atoms with Crippen molar-refractivity contribution in [2.45, 2.75) is 18.6 Å². The number of carbonyl (C=O) groups excluding carboxylic acids is 1. The molecule has 4 aliphatic rings. The zero-order chi connectivity index (χ0) is 24.0. The minimum absolute atomic E-state index is 0. The highest BCUT2D eigenvalue weighted by molar-refractivity contribution is 8.93. The molecule has 1 amide bonds. The van der Waals surface area contributed by atoms with E-state index in [1.165, 1.54) is 12.1 Å². The number of fused-ring (bicyclic) bond motifs is 2. The summed E-state index contributed by atoms with van der Waals surface area (Å²) in [6.45, 7) is 2.89. The number of hydrogen-bond donors (Lipinski definition) is 0. The third-order valence-electron chi connectivity index (χ3n) is 6.54. The molecule has 2 aromatic rings. The number of anilines is 1. The summed E-state index contributed by atoms with van der Waals surface area (Å²) in [5.74, 6) is -0.736. The van der Waals surface area contributed by atoms with Crippen LogP contribution >= 0.6 is 40.3 Å². The first kappa shape index (κ1) is 25.5. The summed E-state index contributed by atoms with van der Waals surface area (Å²) in [4.78, 5) is 21.3. The number of thioether (sulfide) groups is 1. The summed E-state index contributed by atoms with van der Waals surface area (Å²) in [5.41, 5.74) is 3.27. The van der Waals surface area contributed by atoms with Crippen LogP contribution in [0.3, 0.4) is 0 Å². The number of amides is 1. The SMILES string of the molecule is Br.O=C1COc2c(C3=CSC4=NCCN34)cc(Cl)cc2N1CCCC1(c2ccc(F)cc2)OCCO1. The number of rotatable bonds is 6. The minimum Gasteiger partial charge on any atom is -0.481 e. The molecule has 0 spiro atoms. The van der Waals surface area contributed by atoms with Crippen LogP contribution in [0.15, 0.2) is 46.8 Å². The topological polar surface area (TPSA) is 63.6 Å². The predicted octanol–water partition coefficient (Wildman–Crippen LogP) is 5.18. The van der Waals surface area contributed by atoms with Gasteiger partial charge < -0.3 is 24.0 Å². The molecule has 6 rings (SSSR count). The number of halogens is 3. The molecule has 4 heterocycles. The highest BCUT2D eigenvalue weighted by atomic mass is 79.9. The van der Waals surface area contributed by atoms with Crippen LogP contribution in [0, 0.1) is 5.82 Å². The van der Waals surface area contributed by atoms with Gasteiger partial charge in [-0.1, -0.05) is 35.5 Å². The lowest BCUT2D eigenvalue weighted by molar-refractivity contribution is -0.171. The molecule has 11 heteroatoms. The van der Waals surface area contributed by atoms with Gasteiger partial charge in [0.2, 0.25) is 0 Å². The molecular formula is C25H24BrClFN3O4S. The van der Waals surface area contributed by atoms with Crippen LogP contribution in [0.25, 0.3) is 5.70 Å². The zero-order valence-electron chi connectivity index (χ0n) is 19.2. The van der Waals surface area contributed by atoms with Gasteiger partial charge in [-0.2, -0.15) is 0 Å². The first-order chi connectivity index (χ1) is 17.0. The molecular weight excluding hydrogens is 573 g/mol. The second kappa shape index (κ2) is 10.3. The van der Waals surface area contributed by atoms with Crippen LogP contribution in [0.1, 0.15) is 24.0 Å². The molecule has 1 fully saturated rings. The maximum Gasteiger partial charge on any atom is 0.265 e.